The molecule has 1 aromatic carbocycles. The summed E-state index contributed by atoms with van der Waals surface area (Å²) in [6.07, 6.45) is 5.47. The van der Waals surface area contributed by atoms with Crippen LogP contribution < -0.4 is 25.3 Å². The molecule has 0 saturated heterocycles. The number of methoxy groups -OCH3 is 3. The quantitative estimate of drug-likeness (QED) is 0.717. The molecule has 1 amide bonds. The average molecular weight is 387 g/mol. The number of rotatable bonds is 8. The normalized spacial score (nSPS) is 19.2. The number of nitrogens with one attached hydrogen (secondary N) is 1. The van der Waals surface area contributed by atoms with E-state index in [0.29, 0.717) is 42.6 Å². The van der Waals surface area contributed by atoms with Crippen LogP contribution in [0.15, 0.2) is 12.1 Å². The van der Waals surface area contributed by atoms with E-state index in [1.807, 2.05) is 12.1 Å². The molecule has 1 aromatic rings. The van der Waals surface area contributed by atoms with Crippen LogP contribution >= 0.6 is 12.4 Å². The summed E-state index contributed by atoms with van der Waals surface area (Å²) in [5.41, 5.74) is 6.76. The van der Waals surface area contributed by atoms with E-state index < -0.39 is 0 Å². The summed E-state index contributed by atoms with van der Waals surface area (Å²) in [5, 5.41) is 3.16. The molecule has 148 valence electrons. The minimum absolute atomic E-state index is 0. The predicted octanol–water partition coefficient (Wildman–Crippen LogP) is 2.70. The highest BCUT2D eigenvalue weighted by Gasteiger charge is 2.25. The first-order valence-electron chi connectivity index (χ1n) is 8.91. The summed E-state index contributed by atoms with van der Waals surface area (Å²) in [6, 6.07) is 3.95. The molecule has 0 aliphatic heterocycles. The molecule has 0 heterocycles. The maximum atomic E-state index is 12.4. The number of carbonyl (C=O) groups excluding carboxylic acids is 1. The third-order valence-corrected chi connectivity index (χ3v) is 4.97. The molecule has 2 unspecified atom stereocenters. The summed E-state index contributed by atoms with van der Waals surface area (Å²) in [6.45, 7) is 0.633. The minimum Gasteiger partial charge on any atom is -0.493 e. The molecule has 1 fully saturated rings. The van der Waals surface area contributed by atoms with E-state index in [2.05, 4.69) is 5.32 Å². The van der Waals surface area contributed by atoms with Crippen molar-refractivity contribution in [2.75, 3.05) is 27.9 Å². The van der Waals surface area contributed by atoms with Crippen LogP contribution in [0.3, 0.4) is 0 Å². The molecule has 0 aromatic heterocycles. The van der Waals surface area contributed by atoms with Crippen LogP contribution in [0.1, 0.15) is 37.7 Å². The van der Waals surface area contributed by atoms with E-state index >= 15 is 0 Å². The Kier molecular flexibility index (Phi) is 9.59. The maximum absolute atomic E-state index is 12.4. The highest BCUT2D eigenvalue weighted by molar-refractivity contribution is 5.85. The molecule has 6 nitrogen and oxygen atoms in total. The second kappa shape index (κ2) is 11.1. The topological polar surface area (TPSA) is 82.8 Å². The fraction of sp³-hybridized carbons (Fsp3) is 0.632. The zero-order chi connectivity index (χ0) is 18.2. The second-order valence-corrected chi connectivity index (χ2v) is 6.45. The van der Waals surface area contributed by atoms with Gasteiger partial charge < -0.3 is 25.3 Å². The van der Waals surface area contributed by atoms with Gasteiger partial charge in [0.2, 0.25) is 11.7 Å². The molecule has 2 atom stereocenters. The monoisotopic (exact) mass is 386 g/mol. The SMILES string of the molecule is COc1ccc(CCC(=O)NC2CCCCC2CN)c(OC)c1OC.Cl. The van der Waals surface area contributed by atoms with Gasteiger partial charge in [-0.2, -0.15) is 0 Å². The summed E-state index contributed by atoms with van der Waals surface area (Å²) >= 11 is 0. The first-order valence-corrected chi connectivity index (χ1v) is 8.91. The van der Waals surface area contributed by atoms with E-state index in [9.17, 15) is 4.79 Å². The number of carbonyl (C=O) groups is 1. The van der Waals surface area contributed by atoms with Crippen molar-refractivity contribution in [3.8, 4) is 17.2 Å². The van der Waals surface area contributed by atoms with E-state index in [1.165, 1.54) is 6.42 Å². The molecular weight excluding hydrogens is 356 g/mol. The fourth-order valence-corrected chi connectivity index (χ4v) is 3.57. The zero-order valence-corrected chi connectivity index (χ0v) is 16.7. The smallest absolute Gasteiger partial charge is 0.220 e. The Bertz CT molecular complexity index is 583. The van der Waals surface area contributed by atoms with Gasteiger partial charge in [0.1, 0.15) is 0 Å². The van der Waals surface area contributed by atoms with Crippen LogP contribution in [0.2, 0.25) is 0 Å². The Morgan fingerprint density at radius 1 is 1.12 bits per heavy atom. The van der Waals surface area contributed by atoms with Crippen LogP contribution in [-0.4, -0.2) is 39.8 Å². The van der Waals surface area contributed by atoms with Crippen LogP contribution in [0.25, 0.3) is 0 Å². The van der Waals surface area contributed by atoms with Crippen LogP contribution in [-0.2, 0) is 11.2 Å². The van der Waals surface area contributed by atoms with Crippen LogP contribution in [0.5, 0.6) is 17.2 Å². The Labute approximate surface area is 162 Å². The molecule has 2 rings (SSSR count). The van der Waals surface area contributed by atoms with Crippen molar-refractivity contribution in [1.82, 2.24) is 5.32 Å². The highest BCUT2D eigenvalue weighted by Crippen LogP contribution is 2.40. The molecular formula is C19H31ClN2O4. The van der Waals surface area contributed by atoms with Crippen molar-refractivity contribution >= 4 is 18.3 Å². The maximum Gasteiger partial charge on any atom is 0.220 e. The number of ether oxygens (including phenoxy) is 3. The van der Waals surface area contributed by atoms with E-state index in [4.69, 9.17) is 19.9 Å². The van der Waals surface area contributed by atoms with Gasteiger partial charge in [-0.3, -0.25) is 4.79 Å². The van der Waals surface area contributed by atoms with Gasteiger partial charge in [0.25, 0.3) is 0 Å². The van der Waals surface area contributed by atoms with Crippen molar-refractivity contribution in [3.63, 3.8) is 0 Å². The summed E-state index contributed by atoms with van der Waals surface area (Å²) in [7, 11) is 4.75. The Morgan fingerprint density at radius 2 is 1.81 bits per heavy atom. The highest BCUT2D eigenvalue weighted by atomic mass is 35.5. The number of hydrogen-bond donors (Lipinski definition) is 2. The Balaban J connectivity index is 0.00000338. The predicted molar refractivity (Wildman–Crippen MR) is 105 cm³/mol. The lowest BCUT2D eigenvalue weighted by molar-refractivity contribution is -0.122. The van der Waals surface area contributed by atoms with Gasteiger partial charge in [-0.25, -0.2) is 0 Å². The average Bonchev–Trinajstić information content (AvgIpc) is 2.65. The largest absolute Gasteiger partial charge is 0.493 e. The molecule has 1 aliphatic rings. The van der Waals surface area contributed by atoms with Crippen molar-refractivity contribution in [3.05, 3.63) is 17.7 Å². The third kappa shape index (κ3) is 5.42. The fourth-order valence-electron chi connectivity index (χ4n) is 3.57. The van der Waals surface area contributed by atoms with Gasteiger partial charge in [0.15, 0.2) is 11.5 Å². The van der Waals surface area contributed by atoms with Crippen molar-refractivity contribution < 1.29 is 19.0 Å². The molecule has 0 radical (unpaired) electrons. The minimum atomic E-state index is 0. The molecule has 1 aliphatic carbocycles. The molecule has 1 saturated carbocycles. The molecule has 26 heavy (non-hydrogen) atoms. The number of amides is 1. The number of aryl methyl sites for hydroxylation is 1. The van der Waals surface area contributed by atoms with Gasteiger partial charge in [0, 0.05) is 12.5 Å². The van der Waals surface area contributed by atoms with Gasteiger partial charge in [-0.15, -0.1) is 12.4 Å². The lowest BCUT2D eigenvalue weighted by Crippen LogP contribution is -2.44. The number of halogens is 1. The van der Waals surface area contributed by atoms with E-state index in [0.717, 1.165) is 24.8 Å². The van der Waals surface area contributed by atoms with Gasteiger partial charge in [-0.05, 0) is 43.4 Å². The molecule has 7 heteroatoms. The molecule has 0 spiro atoms. The van der Waals surface area contributed by atoms with E-state index in [1.54, 1.807) is 21.3 Å². The lowest BCUT2D eigenvalue weighted by atomic mass is 9.84. The Morgan fingerprint density at radius 3 is 2.42 bits per heavy atom. The summed E-state index contributed by atoms with van der Waals surface area (Å²) in [5.74, 6) is 2.24. The van der Waals surface area contributed by atoms with Crippen molar-refractivity contribution in [1.29, 1.82) is 0 Å². The first-order chi connectivity index (χ1) is 12.1. The van der Waals surface area contributed by atoms with Crippen molar-refractivity contribution in [2.24, 2.45) is 11.7 Å². The number of nitrogens with two attached hydrogens (primary N) is 1. The van der Waals surface area contributed by atoms with Gasteiger partial charge in [0.05, 0.1) is 21.3 Å². The first kappa shape index (κ1) is 22.4. The zero-order valence-electron chi connectivity index (χ0n) is 15.9. The van der Waals surface area contributed by atoms with Gasteiger partial charge in [-0.1, -0.05) is 18.9 Å². The van der Waals surface area contributed by atoms with Crippen molar-refractivity contribution in [2.45, 2.75) is 44.6 Å². The number of hydrogen-bond acceptors (Lipinski definition) is 5. The van der Waals surface area contributed by atoms with Gasteiger partial charge >= 0.3 is 0 Å². The van der Waals surface area contributed by atoms with Crippen LogP contribution in [0.4, 0.5) is 0 Å². The summed E-state index contributed by atoms with van der Waals surface area (Å²) < 4.78 is 16.2. The van der Waals surface area contributed by atoms with Crippen LogP contribution in [0, 0.1) is 5.92 Å². The number of benzene rings is 1. The third-order valence-electron chi connectivity index (χ3n) is 4.97. The second-order valence-electron chi connectivity index (χ2n) is 6.45. The van der Waals surface area contributed by atoms with E-state index in [-0.39, 0.29) is 24.4 Å². The summed E-state index contributed by atoms with van der Waals surface area (Å²) in [4.78, 5) is 12.4. The Hall–Kier alpha value is -1.66. The standard InChI is InChI=1S/C19H30N2O4.ClH/c1-23-16-10-8-13(18(24-2)19(16)25-3)9-11-17(22)21-15-7-5-4-6-14(15)12-20;/h8,10,14-15H,4-7,9,11-12,20H2,1-3H3,(H,21,22);1H. The lowest BCUT2D eigenvalue weighted by Gasteiger charge is -2.31. The molecule has 3 N–H and O–H groups in total. The molecule has 0 bridgehead atoms.